The molecule has 2 aromatic rings. The first-order valence-electron chi connectivity index (χ1n) is 10.9. The van der Waals surface area contributed by atoms with Crippen molar-refractivity contribution in [3.05, 3.63) is 66.0 Å². The summed E-state index contributed by atoms with van der Waals surface area (Å²) in [5.41, 5.74) is 2.06. The molecule has 3 heterocycles. The van der Waals surface area contributed by atoms with E-state index in [1.807, 2.05) is 42.6 Å². The highest BCUT2D eigenvalue weighted by molar-refractivity contribution is 7.88. The van der Waals surface area contributed by atoms with Gasteiger partial charge in [-0.1, -0.05) is 36.4 Å². The van der Waals surface area contributed by atoms with Crippen molar-refractivity contribution in [3.63, 3.8) is 0 Å². The van der Waals surface area contributed by atoms with Crippen molar-refractivity contribution in [2.45, 2.75) is 50.1 Å². The minimum Gasteiger partial charge on any atom is -0.381 e. The number of rotatable bonds is 7. The third kappa shape index (κ3) is 5.46. The average Bonchev–Trinajstić information content (AvgIpc) is 2.79. The number of benzene rings is 1. The number of piperidine rings is 1. The van der Waals surface area contributed by atoms with Crippen LogP contribution in [-0.4, -0.2) is 61.0 Å². The Balaban J connectivity index is 1.41. The summed E-state index contributed by atoms with van der Waals surface area (Å²) in [4.78, 5) is 6.86. The van der Waals surface area contributed by atoms with Crippen LogP contribution in [0.3, 0.4) is 0 Å². The molecular weight excluding hydrogens is 398 g/mol. The van der Waals surface area contributed by atoms with E-state index in [1.165, 1.54) is 5.56 Å². The zero-order chi connectivity index (χ0) is 20.8. The minimum absolute atomic E-state index is 0.0812. The predicted octanol–water partition coefficient (Wildman–Crippen LogP) is 3.06. The van der Waals surface area contributed by atoms with Gasteiger partial charge in [0, 0.05) is 57.3 Å². The van der Waals surface area contributed by atoms with E-state index in [-0.39, 0.29) is 5.75 Å². The van der Waals surface area contributed by atoms with E-state index in [0.29, 0.717) is 25.2 Å². The van der Waals surface area contributed by atoms with E-state index in [9.17, 15) is 8.42 Å². The lowest BCUT2D eigenvalue weighted by Crippen LogP contribution is -2.51. The molecule has 0 bridgehead atoms. The third-order valence-electron chi connectivity index (χ3n) is 6.23. The van der Waals surface area contributed by atoms with Crippen LogP contribution in [0.5, 0.6) is 0 Å². The second-order valence-corrected chi connectivity index (χ2v) is 10.2. The molecule has 162 valence electrons. The van der Waals surface area contributed by atoms with Crippen molar-refractivity contribution in [2.75, 3.05) is 26.3 Å². The highest BCUT2D eigenvalue weighted by Crippen LogP contribution is 2.27. The quantitative estimate of drug-likeness (QED) is 0.677. The van der Waals surface area contributed by atoms with Crippen LogP contribution in [-0.2, 0) is 27.1 Å². The SMILES string of the molecule is O=S(=O)(Cc1ccccc1)N1CCC(N(Cc2cccnc2)C2CCOCC2)CC1. The van der Waals surface area contributed by atoms with Gasteiger partial charge >= 0.3 is 0 Å². The smallest absolute Gasteiger partial charge is 0.218 e. The topological polar surface area (TPSA) is 62.7 Å². The van der Waals surface area contributed by atoms with E-state index in [4.69, 9.17) is 4.74 Å². The van der Waals surface area contributed by atoms with Crippen molar-refractivity contribution in [2.24, 2.45) is 0 Å². The van der Waals surface area contributed by atoms with Crippen LogP contribution in [0.4, 0.5) is 0 Å². The molecule has 0 aliphatic carbocycles. The molecule has 2 fully saturated rings. The van der Waals surface area contributed by atoms with E-state index in [0.717, 1.165) is 51.0 Å². The van der Waals surface area contributed by atoms with E-state index < -0.39 is 10.0 Å². The summed E-state index contributed by atoms with van der Waals surface area (Å²) in [6.07, 6.45) is 7.54. The number of pyridine rings is 1. The van der Waals surface area contributed by atoms with Crippen LogP contribution in [0.15, 0.2) is 54.9 Å². The fraction of sp³-hybridized carbons (Fsp3) is 0.522. The Morgan fingerprint density at radius 1 is 0.933 bits per heavy atom. The largest absolute Gasteiger partial charge is 0.381 e. The molecule has 4 rings (SSSR count). The van der Waals surface area contributed by atoms with Gasteiger partial charge in [-0.05, 0) is 42.9 Å². The number of nitrogens with zero attached hydrogens (tertiary/aromatic N) is 3. The van der Waals surface area contributed by atoms with Gasteiger partial charge in [-0.15, -0.1) is 0 Å². The average molecular weight is 430 g/mol. The lowest BCUT2D eigenvalue weighted by Gasteiger charge is -2.43. The summed E-state index contributed by atoms with van der Waals surface area (Å²) in [5.74, 6) is 0.0812. The first-order chi connectivity index (χ1) is 14.6. The lowest BCUT2D eigenvalue weighted by molar-refractivity contribution is 0.00249. The lowest BCUT2D eigenvalue weighted by atomic mass is 9.98. The molecule has 7 heteroatoms. The Morgan fingerprint density at radius 3 is 2.27 bits per heavy atom. The first-order valence-corrected chi connectivity index (χ1v) is 12.5. The highest BCUT2D eigenvalue weighted by Gasteiger charge is 2.34. The molecule has 0 radical (unpaired) electrons. The van der Waals surface area contributed by atoms with Gasteiger partial charge in [0.15, 0.2) is 0 Å². The summed E-state index contributed by atoms with van der Waals surface area (Å²) in [6, 6.07) is 14.4. The molecule has 0 N–H and O–H groups in total. The maximum absolute atomic E-state index is 12.9. The first kappa shape index (κ1) is 21.4. The molecule has 0 spiro atoms. The Kier molecular flexibility index (Phi) is 7.15. The fourth-order valence-electron chi connectivity index (χ4n) is 4.60. The number of aromatic nitrogens is 1. The molecule has 30 heavy (non-hydrogen) atoms. The minimum atomic E-state index is -3.28. The summed E-state index contributed by atoms with van der Waals surface area (Å²) in [7, 11) is -3.28. The van der Waals surface area contributed by atoms with Crippen LogP contribution in [0, 0.1) is 0 Å². The summed E-state index contributed by atoms with van der Waals surface area (Å²) in [5, 5.41) is 0. The van der Waals surface area contributed by atoms with Gasteiger partial charge in [0.25, 0.3) is 0 Å². The number of hydrogen-bond donors (Lipinski definition) is 0. The van der Waals surface area contributed by atoms with Gasteiger partial charge in [-0.25, -0.2) is 12.7 Å². The Hall–Kier alpha value is -1.80. The van der Waals surface area contributed by atoms with Crippen LogP contribution >= 0.6 is 0 Å². The molecule has 2 aliphatic heterocycles. The van der Waals surface area contributed by atoms with E-state index in [2.05, 4.69) is 16.0 Å². The summed E-state index contributed by atoms with van der Waals surface area (Å²) in [6.45, 7) is 3.65. The Morgan fingerprint density at radius 2 is 1.60 bits per heavy atom. The zero-order valence-electron chi connectivity index (χ0n) is 17.4. The molecule has 6 nitrogen and oxygen atoms in total. The van der Waals surface area contributed by atoms with Crippen LogP contribution < -0.4 is 0 Å². The van der Waals surface area contributed by atoms with Crippen LogP contribution in [0.2, 0.25) is 0 Å². The molecule has 0 unspecified atom stereocenters. The zero-order valence-corrected chi connectivity index (χ0v) is 18.2. The van der Waals surface area contributed by atoms with Crippen LogP contribution in [0.1, 0.15) is 36.8 Å². The molecule has 2 saturated heterocycles. The van der Waals surface area contributed by atoms with Gasteiger partial charge < -0.3 is 4.74 Å². The van der Waals surface area contributed by atoms with Gasteiger partial charge in [0.2, 0.25) is 10.0 Å². The second-order valence-electron chi connectivity index (χ2n) is 8.25. The molecule has 0 amide bonds. The van der Waals surface area contributed by atoms with Gasteiger partial charge in [-0.3, -0.25) is 9.88 Å². The van der Waals surface area contributed by atoms with Crippen molar-refractivity contribution >= 4 is 10.0 Å². The maximum Gasteiger partial charge on any atom is 0.218 e. The Labute approximate surface area is 179 Å². The van der Waals surface area contributed by atoms with Gasteiger partial charge in [-0.2, -0.15) is 0 Å². The Bertz CT molecular complexity index is 878. The monoisotopic (exact) mass is 429 g/mol. The predicted molar refractivity (Wildman–Crippen MR) is 117 cm³/mol. The molecular formula is C23H31N3O3S. The molecule has 1 aromatic carbocycles. The molecule has 1 aromatic heterocycles. The highest BCUT2D eigenvalue weighted by atomic mass is 32.2. The molecule has 2 aliphatic rings. The number of sulfonamides is 1. The summed E-state index contributed by atoms with van der Waals surface area (Å²) < 4.78 is 33.1. The van der Waals surface area contributed by atoms with Crippen molar-refractivity contribution in [1.29, 1.82) is 0 Å². The molecule has 0 saturated carbocycles. The number of hydrogen-bond acceptors (Lipinski definition) is 5. The standard InChI is InChI=1S/C23H31N3O3S/c27-30(28,19-20-5-2-1-3-6-20)25-13-8-22(9-14-25)26(23-10-15-29-16-11-23)18-21-7-4-12-24-17-21/h1-7,12,17,22-23H,8-11,13-16,18-19H2. The fourth-order valence-corrected chi connectivity index (χ4v) is 6.17. The van der Waals surface area contributed by atoms with Crippen molar-refractivity contribution < 1.29 is 13.2 Å². The number of ether oxygens (including phenoxy) is 1. The third-order valence-corrected chi connectivity index (χ3v) is 8.08. The maximum atomic E-state index is 12.9. The van der Waals surface area contributed by atoms with Gasteiger partial charge in [0.05, 0.1) is 5.75 Å². The van der Waals surface area contributed by atoms with E-state index >= 15 is 0 Å². The van der Waals surface area contributed by atoms with Crippen molar-refractivity contribution in [3.8, 4) is 0 Å². The molecule has 0 atom stereocenters. The normalized spacial score (nSPS) is 19.9. The summed E-state index contributed by atoms with van der Waals surface area (Å²) >= 11 is 0. The van der Waals surface area contributed by atoms with Gasteiger partial charge in [0.1, 0.15) is 0 Å². The second kappa shape index (κ2) is 10.0. The van der Waals surface area contributed by atoms with E-state index in [1.54, 1.807) is 10.5 Å². The van der Waals surface area contributed by atoms with Crippen LogP contribution in [0.25, 0.3) is 0 Å². The van der Waals surface area contributed by atoms with Crippen molar-refractivity contribution in [1.82, 2.24) is 14.2 Å².